The first-order valence-electron chi connectivity index (χ1n) is 6.74. The molecule has 2 nitrogen and oxygen atoms in total. The van der Waals surface area contributed by atoms with E-state index in [1.165, 1.54) is 44.2 Å². The van der Waals surface area contributed by atoms with E-state index in [0.717, 1.165) is 18.5 Å². The average molecular weight is 220 g/mol. The molecule has 0 atom stereocenters. The molecule has 0 saturated heterocycles. The maximum atomic E-state index is 3.66. The Morgan fingerprint density at radius 2 is 2.12 bits per heavy atom. The van der Waals surface area contributed by atoms with E-state index < -0.39 is 0 Å². The van der Waals surface area contributed by atoms with Crippen molar-refractivity contribution < 1.29 is 0 Å². The standard InChI is InChI=1S/C14H24N2/c1-2-4-12-6-8-13(9-7-12)16-11-14-5-3-10-15-14/h3,5,10,12-13,15-16H,2,4,6-9,11H2,1H3. The van der Waals surface area contributed by atoms with Crippen LogP contribution in [0.5, 0.6) is 0 Å². The average Bonchev–Trinajstić information content (AvgIpc) is 2.82. The van der Waals surface area contributed by atoms with Gasteiger partial charge < -0.3 is 10.3 Å². The molecule has 0 aromatic carbocycles. The molecule has 0 aliphatic heterocycles. The number of H-pyrrole nitrogens is 1. The van der Waals surface area contributed by atoms with Crippen molar-refractivity contribution in [1.82, 2.24) is 10.3 Å². The molecule has 16 heavy (non-hydrogen) atoms. The Bertz CT molecular complexity index is 271. The molecule has 1 heterocycles. The van der Waals surface area contributed by atoms with Crippen LogP contribution in [-0.4, -0.2) is 11.0 Å². The molecule has 0 spiro atoms. The molecule has 1 aromatic rings. The van der Waals surface area contributed by atoms with Crippen molar-refractivity contribution in [2.45, 2.75) is 58.0 Å². The van der Waals surface area contributed by atoms with Gasteiger partial charge >= 0.3 is 0 Å². The highest BCUT2D eigenvalue weighted by Gasteiger charge is 2.19. The summed E-state index contributed by atoms with van der Waals surface area (Å²) < 4.78 is 0. The second-order valence-electron chi connectivity index (χ2n) is 5.08. The minimum atomic E-state index is 0.747. The Labute approximate surface area is 98.8 Å². The normalized spacial score (nSPS) is 25.8. The highest BCUT2D eigenvalue weighted by atomic mass is 14.9. The molecule has 1 aliphatic carbocycles. The maximum Gasteiger partial charge on any atom is 0.0359 e. The lowest BCUT2D eigenvalue weighted by Gasteiger charge is -2.29. The van der Waals surface area contributed by atoms with E-state index >= 15 is 0 Å². The molecular weight excluding hydrogens is 196 g/mol. The predicted molar refractivity (Wildman–Crippen MR) is 68.3 cm³/mol. The van der Waals surface area contributed by atoms with E-state index in [-0.39, 0.29) is 0 Å². The molecule has 0 unspecified atom stereocenters. The van der Waals surface area contributed by atoms with E-state index in [2.05, 4.69) is 29.4 Å². The third-order valence-electron chi connectivity index (χ3n) is 3.79. The second-order valence-corrected chi connectivity index (χ2v) is 5.08. The van der Waals surface area contributed by atoms with Crippen LogP contribution in [0.3, 0.4) is 0 Å². The quantitative estimate of drug-likeness (QED) is 0.781. The van der Waals surface area contributed by atoms with Gasteiger partial charge in [0.1, 0.15) is 0 Å². The minimum Gasteiger partial charge on any atom is -0.364 e. The lowest BCUT2D eigenvalue weighted by molar-refractivity contribution is 0.277. The van der Waals surface area contributed by atoms with E-state index in [0.29, 0.717) is 0 Å². The minimum absolute atomic E-state index is 0.747. The monoisotopic (exact) mass is 220 g/mol. The second kappa shape index (κ2) is 6.09. The predicted octanol–water partition coefficient (Wildman–Crippen LogP) is 3.46. The molecule has 1 saturated carbocycles. The van der Waals surface area contributed by atoms with Gasteiger partial charge in [-0.25, -0.2) is 0 Å². The summed E-state index contributed by atoms with van der Waals surface area (Å²) in [6.07, 6.45) is 10.4. The summed E-state index contributed by atoms with van der Waals surface area (Å²) in [6, 6.07) is 4.96. The van der Waals surface area contributed by atoms with Crippen LogP contribution in [-0.2, 0) is 6.54 Å². The van der Waals surface area contributed by atoms with Gasteiger partial charge in [-0.1, -0.05) is 19.8 Å². The Hall–Kier alpha value is -0.760. The van der Waals surface area contributed by atoms with Crippen molar-refractivity contribution in [3.05, 3.63) is 24.0 Å². The van der Waals surface area contributed by atoms with Crippen LogP contribution in [0.4, 0.5) is 0 Å². The van der Waals surface area contributed by atoms with Gasteiger partial charge in [0.15, 0.2) is 0 Å². The van der Waals surface area contributed by atoms with Crippen molar-refractivity contribution in [1.29, 1.82) is 0 Å². The summed E-state index contributed by atoms with van der Waals surface area (Å²) >= 11 is 0. The Kier molecular flexibility index (Phi) is 4.46. The fourth-order valence-electron chi connectivity index (χ4n) is 2.80. The highest BCUT2D eigenvalue weighted by molar-refractivity contribution is 5.03. The van der Waals surface area contributed by atoms with Crippen molar-refractivity contribution in [2.24, 2.45) is 5.92 Å². The summed E-state index contributed by atoms with van der Waals surface area (Å²) in [6.45, 7) is 3.30. The lowest BCUT2D eigenvalue weighted by atomic mass is 9.83. The third kappa shape index (κ3) is 3.38. The Morgan fingerprint density at radius 3 is 2.75 bits per heavy atom. The molecule has 90 valence electrons. The van der Waals surface area contributed by atoms with Crippen LogP contribution < -0.4 is 5.32 Å². The van der Waals surface area contributed by atoms with E-state index in [1.54, 1.807) is 0 Å². The van der Waals surface area contributed by atoms with Gasteiger partial charge in [-0.05, 0) is 43.7 Å². The molecule has 1 fully saturated rings. The van der Waals surface area contributed by atoms with Gasteiger partial charge in [-0.2, -0.15) is 0 Å². The van der Waals surface area contributed by atoms with Gasteiger partial charge in [-0.15, -0.1) is 0 Å². The van der Waals surface area contributed by atoms with E-state index in [9.17, 15) is 0 Å². The summed E-state index contributed by atoms with van der Waals surface area (Å²) in [5.74, 6) is 1.01. The molecular formula is C14H24N2. The summed E-state index contributed by atoms with van der Waals surface area (Å²) in [5.41, 5.74) is 1.30. The fourth-order valence-corrected chi connectivity index (χ4v) is 2.80. The number of hydrogen-bond acceptors (Lipinski definition) is 1. The van der Waals surface area contributed by atoms with Crippen molar-refractivity contribution in [3.63, 3.8) is 0 Å². The van der Waals surface area contributed by atoms with Crippen LogP contribution in [0.15, 0.2) is 18.3 Å². The van der Waals surface area contributed by atoms with Crippen LogP contribution in [0.25, 0.3) is 0 Å². The molecule has 2 N–H and O–H groups in total. The zero-order valence-electron chi connectivity index (χ0n) is 10.3. The highest BCUT2D eigenvalue weighted by Crippen LogP contribution is 2.27. The Balaban J connectivity index is 1.65. The van der Waals surface area contributed by atoms with E-state index in [4.69, 9.17) is 0 Å². The third-order valence-corrected chi connectivity index (χ3v) is 3.79. The van der Waals surface area contributed by atoms with Crippen LogP contribution in [0.1, 0.15) is 51.1 Å². The van der Waals surface area contributed by atoms with Crippen LogP contribution in [0, 0.1) is 5.92 Å². The van der Waals surface area contributed by atoms with Gasteiger partial charge in [0.05, 0.1) is 0 Å². The van der Waals surface area contributed by atoms with Crippen molar-refractivity contribution in [3.8, 4) is 0 Å². The number of aromatic nitrogens is 1. The lowest BCUT2D eigenvalue weighted by Crippen LogP contribution is -2.32. The van der Waals surface area contributed by atoms with Crippen molar-refractivity contribution in [2.75, 3.05) is 0 Å². The fraction of sp³-hybridized carbons (Fsp3) is 0.714. The first-order valence-corrected chi connectivity index (χ1v) is 6.74. The number of nitrogens with one attached hydrogen (secondary N) is 2. The van der Waals surface area contributed by atoms with Crippen LogP contribution in [0.2, 0.25) is 0 Å². The SMILES string of the molecule is CCCC1CCC(NCc2ccc[nH]2)CC1. The molecule has 0 amide bonds. The van der Waals surface area contributed by atoms with E-state index in [1.807, 2.05) is 6.20 Å². The zero-order chi connectivity index (χ0) is 11.2. The molecule has 1 aliphatic rings. The smallest absolute Gasteiger partial charge is 0.0359 e. The first-order chi connectivity index (χ1) is 7.88. The molecule has 1 aromatic heterocycles. The summed E-state index contributed by atoms with van der Waals surface area (Å²) in [4.78, 5) is 3.24. The molecule has 0 bridgehead atoms. The molecule has 0 radical (unpaired) electrons. The van der Waals surface area contributed by atoms with Crippen molar-refractivity contribution >= 4 is 0 Å². The van der Waals surface area contributed by atoms with Gasteiger partial charge in [0.25, 0.3) is 0 Å². The van der Waals surface area contributed by atoms with Gasteiger partial charge in [0, 0.05) is 24.5 Å². The molecule has 2 heteroatoms. The summed E-state index contributed by atoms with van der Waals surface area (Å²) in [7, 11) is 0. The van der Waals surface area contributed by atoms with Gasteiger partial charge in [-0.3, -0.25) is 0 Å². The molecule has 2 rings (SSSR count). The Morgan fingerprint density at radius 1 is 1.31 bits per heavy atom. The van der Waals surface area contributed by atoms with Gasteiger partial charge in [0.2, 0.25) is 0 Å². The number of aromatic amines is 1. The number of rotatable bonds is 5. The largest absolute Gasteiger partial charge is 0.364 e. The summed E-state index contributed by atoms with van der Waals surface area (Å²) in [5, 5.41) is 3.66. The maximum absolute atomic E-state index is 3.66. The topological polar surface area (TPSA) is 27.8 Å². The zero-order valence-corrected chi connectivity index (χ0v) is 10.3. The van der Waals surface area contributed by atoms with Crippen LogP contribution >= 0.6 is 0 Å². The first kappa shape index (κ1) is 11.7. The number of hydrogen-bond donors (Lipinski definition) is 2.